The quantitative estimate of drug-likeness (QED) is 0.878. The number of anilines is 1. The monoisotopic (exact) mass is 266 g/mol. The predicted molar refractivity (Wildman–Crippen MR) is 70.5 cm³/mol. The van der Waals surface area contributed by atoms with Crippen LogP contribution in [-0.4, -0.2) is 30.5 Å². The molecule has 0 aromatic carbocycles. The Morgan fingerprint density at radius 3 is 2.89 bits per heavy atom. The maximum Gasteiger partial charge on any atom is 0.239 e. The zero-order valence-corrected chi connectivity index (χ0v) is 11.2. The Bertz CT molecular complexity index is 470. The number of carbonyl (C=O) groups is 1. The molecule has 1 N–H and O–H groups in total. The van der Waals surface area contributed by atoms with E-state index in [0.717, 1.165) is 0 Å². The Morgan fingerprint density at radius 1 is 1.61 bits per heavy atom. The molecule has 1 aromatic heterocycles. The lowest BCUT2D eigenvalue weighted by Gasteiger charge is -2.22. The fourth-order valence-corrected chi connectivity index (χ4v) is 1.78. The molecule has 0 aliphatic carbocycles. The fourth-order valence-electron chi connectivity index (χ4n) is 1.50. The van der Waals surface area contributed by atoms with E-state index in [1.54, 1.807) is 11.0 Å². The molecule has 6 heteroatoms. The van der Waals surface area contributed by atoms with Crippen LogP contribution >= 0.6 is 11.6 Å². The van der Waals surface area contributed by atoms with Crippen molar-refractivity contribution in [2.45, 2.75) is 13.8 Å². The van der Waals surface area contributed by atoms with Crippen LogP contribution in [0.15, 0.2) is 12.3 Å². The van der Waals surface area contributed by atoms with Crippen molar-refractivity contribution in [1.82, 2.24) is 10.3 Å². The lowest BCUT2D eigenvalue weighted by Crippen LogP contribution is -2.37. The number of pyridine rings is 1. The highest BCUT2D eigenvalue weighted by atomic mass is 35.5. The average Bonchev–Trinajstić information content (AvgIpc) is 2.37. The molecule has 0 bridgehead atoms. The van der Waals surface area contributed by atoms with Crippen molar-refractivity contribution in [3.63, 3.8) is 0 Å². The number of amides is 1. The Kier molecular flexibility index (Phi) is 5.40. The van der Waals surface area contributed by atoms with Crippen LogP contribution in [0.1, 0.15) is 19.4 Å². The van der Waals surface area contributed by atoms with Gasteiger partial charge in [0.1, 0.15) is 16.9 Å². The molecule has 0 spiro atoms. The molecule has 96 valence electrons. The van der Waals surface area contributed by atoms with Crippen molar-refractivity contribution in [1.29, 1.82) is 5.26 Å². The van der Waals surface area contributed by atoms with Gasteiger partial charge in [0.2, 0.25) is 5.91 Å². The number of nitrogens with one attached hydrogen (secondary N) is 1. The van der Waals surface area contributed by atoms with Gasteiger partial charge in [-0.1, -0.05) is 11.6 Å². The first kappa shape index (κ1) is 14.3. The number of rotatable bonds is 5. The molecule has 1 rings (SSSR count). The summed E-state index contributed by atoms with van der Waals surface area (Å²) in [6.45, 7) is 5.09. The summed E-state index contributed by atoms with van der Waals surface area (Å²) in [5.74, 6) is 0.365. The van der Waals surface area contributed by atoms with Gasteiger partial charge in [0, 0.05) is 19.3 Å². The minimum atomic E-state index is -0.0976. The topological polar surface area (TPSA) is 69.0 Å². The molecule has 0 aliphatic rings. The van der Waals surface area contributed by atoms with E-state index in [-0.39, 0.29) is 17.5 Å². The van der Waals surface area contributed by atoms with Crippen LogP contribution in [0.3, 0.4) is 0 Å². The van der Waals surface area contributed by atoms with Gasteiger partial charge in [-0.2, -0.15) is 5.26 Å². The number of likely N-dealkylation sites (N-methyl/N-ethyl adjacent to an activating group) is 2. The van der Waals surface area contributed by atoms with Gasteiger partial charge in [0.05, 0.1) is 12.1 Å². The number of nitrogens with zero attached hydrogens (tertiary/aromatic N) is 3. The number of aromatic nitrogens is 1. The zero-order valence-electron chi connectivity index (χ0n) is 10.4. The number of halogens is 1. The minimum absolute atomic E-state index is 0.0976. The van der Waals surface area contributed by atoms with E-state index in [9.17, 15) is 4.79 Å². The molecular weight excluding hydrogens is 252 g/mol. The van der Waals surface area contributed by atoms with Gasteiger partial charge < -0.3 is 10.2 Å². The molecule has 0 atom stereocenters. The number of nitriles is 1. The van der Waals surface area contributed by atoms with Gasteiger partial charge in [-0.05, 0) is 19.9 Å². The zero-order chi connectivity index (χ0) is 13.5. The van der Waals surface area contributed by atoms with Crippen molar-refractivity contribution in [3.05, 3.63) is 22.8 Å². The third kappa shape index (κ3) is 3.34. The van der Waals surface area contributed by atoms with Crippen LogP contribution in [0.2, 0.25) is 5.02 Å². The van der Waals surface area contributed by atoms with Crippen molar-refractivity contribution < 1.29 is 4.79 Å². The molecule has 0 aliphatic heterocycles. The first-order valence-corrected chi connectivity index (χ1v) is 6.08. The van der Waals surface area contributed by atoms with Gasteiger partial charge in [0.15, 0.2) is 0 Å². The fraction of sp³-hybridized carbons (Fsp3) is 0.417. The van der Waals surface area contributed by atoms with E-state index in [4.69, 9.17) is 16.9 Å². The first-order valence-electron chi connectivity index (χ1n) is 5.70. The van der Waals surface area contributed by atoms with Gasteiger partial charge >= 0.3 is 0 Å². The summed E-state index contributed by atoms with van der Waals surface area (Å²) in [4.78, 5) is 17.4. The Morgan fingerprint density at radius 2 is 2.33 bits per heavy atom. The van der Waals surface area contributed by atoms with Crippen molar-refractivity contribution >= 4 is 23.3 Å². The Hall–Kier alpha value is -1.80. The lowest BCUT2D eigenvalue weighted by atomic mass is 10.2. The van der Waals surface area contributed by atoms with Crippen molar-refractivity contribution in [2.75, 3.05) is 24.5 Å². The van der Waals surface area contributed by atoms with Gasteiger partial charge in [-0.3, -0.25) is 4.79 Å². The van der Waals surface area contributed by atoms with Gasteiger partial charge in [-0.25, -0.2) is 4.98 Å². The van der Waals surface area contributed by atoms with Crippen LogP contribution in [0.25, 0.3) is 0 Å². The molecular formula is C12H15ClN4O. The Balaban J connectivity index is 2.96. The molecule has 1 amide bonds. The van der Waals surface area contributed by atoms with E-state index in [2.05, 4.69) is 10.3 Å². The summed E-state index contributed by atoms with van der Waals surface area (Å²) in [5, 5.41) is 11.9. The normalized spacial score (nSPS) is 9.67. The average molecular weight is 267 g/mol. The van der Waals surface area contributed by atoms with Crippen LogP contribution in [0.4, 0.5) is 5.82 Å². The maximum absolute atomic E-state index is 11.6. The SMILES string of the molecule is CCNC(=O)CN(CC)c1nccc(C#N)c1Cl. The third-order valence-electron chi connectivity index (χ3n) is 2.38. The van der Waals surface area contributed by atoms with E-state index in [0.29, 0.717) is 24.5 Å². The van der Waals surface area contributed by atoms with E-state index in [1.807, 2.05) is 19.9 Å². The van der Waals surface area contributed by atoms with Crippen LogP contribution in [0, 0.1) is 11.3 Å². The summed E-state index contributed by atoms with van der Waals surface area (Å²) in [6.07, 6.45) is 1.51. The van der Waals surface area contributed by atoms with E-state index < -0.39 is 0 Å². The second kappa shape index (κ2) is 6.82. The largest absolute Gasteiger partial charge is 0.355 e. The molecule has 0 saturated carbocycles. The summed E-state index contributed by atoms with van der Waals surface area (Å²) >= 11 is 6.08. The smallest absolute Gasteiger partial charge is 0.239 e. The second-order valence-corrected chi connectivity index (χ2v) is 3.95. The molecule has 0 fully saturated rings. The summed E-state index contributed by atoms with van der Waals surface area (Å²) in [7, 11) is 0. The molecule has 0 saturated heterocycles. The maximum atomic E-state index is 11.6. The van der Waals surface area contributed by atoms with Gasteiger partial charge in [-0.15, -0.1) is 0 Å². The summed E-state index contributed by atoms with van der Waals surface area (Å²) in [6, 6.07) is 3.54. The second-order valence-electron chi connectivity index (χ2n) is 3.58. The van der Waals surface area contributed by atoms with E-state index >= 15 is 0 Å². The Labute approximate surface area is 111 Å². The number of carbonyl (C=O) groups excluding carboxylic acids is 1. The molecule has 5 nitrogen and oxygen atoms in total. The third-order valence-corrected chi connectivity index (χ3v) is 2.75. The van der Waals surface area contributed by atoms with E-state index in [1.165, 1.54) is 6.20 Å². The molecule has 1 heterocycles. The van der Waals surface area contributed by atoms with Crippen molar-refractivity contribution in [3.8, 4) is 6.07 Å². The van der Waals surface area contributed by atoms with Crippen LogP contribution < -0.4 is 10.2 Å². The lowest BCUT2D eigenvalue weighted by molar-refractivity contribution is -0.119. The van der Waals surface area contributed by atoms with Crippen LogP contribution in [0.5, 0.6) is 0 Å². The molecule has 1 aromatic rings. The van der Waals surface area contributed by atoms with Crippen LogP contribution in [-0.2, 0) is 4.79 Å². The highest BCUT2D eigenvalue weighted by molar-refractivity contribution is 6.34. The van der Waals surface area contributed by atoms with Gasteiger partial charge in [0.25, 0.3) is 0 Å². The standard InChI is InChI=1S/C12H15ClN4O/c1-3-15-10(18)8-17(4-2)12-11(13)9(7-14)5-6-16-12/h5-6H,3-4,8H2,1-2H3,(H,15,18). The predicted octanol–water partition coefficient (Wildman–Crippen LogP) is 1.57. The summed E-state index contributed by atoms with van der Waals surface area (Å²) < 4.78 is 0. The minimum Gasteiger partial charge on any atom is -0.355 e. The number of hydrogen-bond donors (Lipinski definition) is 1. The molecule has 18 heavy (non-hydrogen) atoms. The molecule has 0 radical (unpaired) electrons. The van der Waals surface area contributed by atoms with Crippen molar-refractivity contribution in [2.24, 2.45) is 0 Å². The molecule has 0 unspecified atom stereocenters. The summed E-state index contributed by atoms with van der Waals surface area (Å²) in [5.41, 5.74) is 0.357. The number of hydrogen-bond acceptors (Lipinski definition) is 4. The first-order chi connectivity index (χ1) is 8.63. The highest BCUT2D eigenvalue weighted by Crippen LogP contribution is 2.25. The highest BCUT2D eigenvalue weighted by Gasteiger charge is 2.15.